The van der Waals surface area contributed by atoms with Gasteiger partial charge in [0.15, 0.2) is 0 Å². The lowest BCUT2D eigenvalue weighted by molar-refractivity contribution is -0.119. The van der Waals surface area contributed by atoms with Gasteiger partial charge < -0.3 is 4.74 Å². The summed E-state index contributed by atoms with van der Waals surface area (Å²) in [5.41, 5.74) is 3.30. The van der Waals surface area contributed by atoms with Crippen LogP contribution >= 0.6 is 23.2 Å². The summed E-state index contributed by atoms with van der Waals surface area (Å²) in [6.45, 7) is 2.30. The van der Waals surface area contributed by atoms with Crippen molar-refractivity contribution in [3.8, 4) is 5.75 Å². The minimum atomic E-state index is -3.73. The van der Waals surface area contributed by atoms with E-state index in [1.165, 1.54) is 24.4 Å². The van der Waals surface area contributed by atoms with E-state index in [4.69, 9.17) is 27.9 Å². The number of benzene rings is 2. The fraction of sp³-hybridized carbons (Fsp3) is 0.300. The molecule has 7 nitrogen and oxygen atoms in total. The van der Waals surface area contributed by atoms with Gasteiger partial charge in [0.25, 0.3) is 5.91 Å². The average Bonchev–Trinajstić information content (AvgIpc) is 2.69. The summed E-state index contributed by atoms with van der Waals surface area (Å²) in [6.07, 6.45) is 4.50. The quantitative estimate of drug-likeness (QED) is 0.321. The van der Waals surface area contributed by atoms with Gasteiger partial charge in [-0.15, -0.1) is 0 Å². The first kappa shape index (κ1) is 24.0. The van der Waals surface area contributed by atoms with Crippen LogP contribution in [0.3, 0.4) is 0 Å². The number of unbranched alkanes of at least 4 members (excludes halogenated alkanes) is 1. The molecule has 0 aliphatic carbocycles. The molecule has 30 heavy (non-hydrogen) atoms. The van der Waals surface area contributed by atoms with Crippen molar-refractivity contribution in [2.24, 2.45) is 5.10 Å². The molecule has 162 valence electrons. The number of rotatable bonds is 10. The summed E-state index contributed by atoms with van der Waals surface area (Å²) in [4.78, 5) is 12.2. The van der Waals surface area contributed by atoms with E-state index in [1.54, 1.807) is 12.1 Å². The highest BCUT2D eigenvalue weighted by Gasteiger charge is 2.21. The number of anilines is 1. The third kappa shape index (κ3) is 7.51. The number of halogens is 2. The molecule has 2 aromatic carbocycles. The fourth-order valence-electron chi connectivity index (χ4n) is 2.37. The maximum atomic E-state index is 12.2. The second kappa shape index (κ2) is 11.2. The molecule has 0 radical (unpaired) electrons. The average molecular weight is 472 g/mol. The number of nitrogens with zero attached hydrogens (tertiary/aromatic N) is 2. The summed E-state index contributed by atoms with van der Waals surface area (Å²) in [7, 11) is -3.73. The summed E-state index contributed by atoms with van der Waals surface area (Å²) in [5, 5.41) is 4.34. The molecule has 2 aromatic rings. The van der Waals surface area contributed by atoms with Gasteiger partial charge in [-0.25, -0.2) is 13.8 Å². The van der Waals surface area contributed by atoms with Crippen LogP contribution in [-0.4, -0.2) is 39.9 Å². The van der Waals surface area contributed by atoms with Crippen LogP contribution in [0.4, 0.5) is 5.69 Å². The molecule has 10 heteroatoms. The highest BCUT2D eigenvalue weighted by Crippen LogP contribution is 2.28. The molecule has 0 bridgehead atoms. The maximum Gasteiger partial charge on any atom is 0.260 e. The Morgan fingerprint density at radius 2 is 1.87 bits per heavy atom. The minimum Gasteiger partial charge on any atom is -0.494 e. The lowest BCUT2D eigenvalue weighted by Gasteiger charge is -2.21. The van der Waals surface area contributed by atoms with E-state index in [0.29, 0.717) is 6.61 Å². The molecular formula is C20H23Cl2N3O4S. The van der Waals surface area contributed by atoms with Crippen molar-refractivity contribution in [3.63, 3.8) is 0 Å². The second-order valence-electron chi connectivity index (χ2n) is 6.43. The smallest absolute Gasteiger partial charge is 0.260 e. The number of hydrogen-bond donors (Lipinski definition) is 1. The van der Waals surface area contributed by atoms with Gasteiger partial charge in [-0.1, -0.05) is 36.5 Å². The van der Waals surface area contributed by atoms with E-state index >= 15 is 0 Å². The monoisotopic (exact) mass is 471 g/mol. The number of ether oxygens (including phenoxy) is 1. The molecule has 0 unspecified atom stereocenters. The van der Waals surface area contributed by atoms with Gasteiger partial charge in [0, 0.05) is 0 Å². The summed E-state index contributed by atoms with van der Waals surface area (Å²) >= 11 is 11.8. The SMILES string of the molecule is CCCCOc1ccc(/C=N/NC(=O)CN(c2ccc(Cl)c(Cl)c2)S(C)(=O)=O)cc1. The molecule has 2 rings (SSSR count). The number of carbonyl (C=O) groups excluding carboxylic acids is 1. The van der Waals surface area contributed by atoms with Crippen LogP contribution in [0.1, 0.15) is 25.3 Å². The van der Waals surface area contributed by atoms with Crippen molar-refractivity contribution in [2.45, 2.75) is 19.8 Å². The molecule has 0 aliphatic heterocycles. The van der Waals surface area contributed by atoms with Gasteiger partial charge in [-0.3, -0.25) is 9.10 Å². The van der Waals surface area contributed by atoms with E-state index < -0.39 is 22.5 Å². The van der Waals surface area contributed by atoms with Gasteiger partial charge in [0.05, 0.1) is 34.8 Å². The molecule has 0 heterocycles. The number of carbonyl (C=O) groups is 1. The zero-order chi connectivity index (χ0) is 22.1. The molecule has 0 spiro atoms. The Balaban J connectivity index is 1.98. The Morgan fingerprint density at radius 1 is 1.17 bits per heavy atom. The Bertz CT molecular complexity index is 996. The van der Waals surface area contributed by atoms with Crippen LogP contribution < -0.4 is 14.5 Å². The van der Waals surface area contributed by atoms with Crippen LogP contribution in [0.25, 0.3) is 0 Å². The van der Waals surface area contributed by atoms with Crippen molar-refractivity contribution in [2.75, 3.05) is 23.7 Å². The molecule has 0 fully saturated rings. The van der Waals surface area contributed by atoms with Crippen LogP contribution in [0, 0.1) is 0 Å². The number of hydrazone groups is 1. The van der Waals surface area contributed by atoms with E-state index in [2.05, 4.69) is 17.5 Å². The molecule has 0 saturated carbocycles. The lowest BCUT2D eigenvalue weighted by atomic mass is 10.2. The van der Waals surface area contributed by atoms with Crippen molar-refractivity contribution in [1.82, 2.24) is 5.43 Å². The first-order valence-corrected chi connectivity index (χ1v) is 11.8. The molecule has 0 saturated heterocycles. The number of nitrogens with one attached hydrogen (secondary N) is 1. The molecular weight excluding hydrogens is 449 g/mol. The zero-order valence-electron chi connectivity index (χ0n) is 16.6. The van der Waals surface area contributed by atoms with Gasteiger partial charge in [0.2, 0.25) is 10.0 Å². The predicted octanol–water partition coefficient (Wildman–Crippen LogP) is 4.09. The number of sulfonamides is 1. The van der Waals surface area contributed by atoms with Crippen LogP contribution in [-0.2, 0) is 14.8 Å². The van der Waals surface area contributed by atoms with Crippen LogP contribution in [0.5, 0.6) is 5.75 Å². The normalized spacial score (nSPS) is 11.5. The second-order valence-corrected chi connectivity index (χ2v) is 9.15. The highest BCUT2D eigenvalue weighted by molar-refractivity contribution is 7.92. The molecule has 0 aliphatic rings. The third-order valence-electron chi connectivity index (χ3n) is 3.93. The molecule has 1 amide bonds. The Morgan fingerprint density at radius 3 is 2.47 bits per heavy atom. The van der Waals surface area contributed by atoms with Gasteiger partial charge in [-0.2, -0.15) is 5.10 Å². The Hall–Kier alpha value is -2.29. The van der Waals surface area contributed by atoms with Crippen molar-refractivity contribution >= 4 is 51.0 Å². The van der Waals surface area contributed by atoms with E-state index in [9.17, 15) is 13.2 Å². The van der Waals surface area contributed by atoms with E-state index in [-0.39, 0.29) is 15.7 Å². The first-order chi connectivity index (χ1) is 14.2. The Labute approximate surface area is 186 Å². The van der Waals surface area contributed by atoms with E-state index in [1.807, 2.05) is 12.1 Å². The van der Waals surface area contributed by atoms with Crippen molar-refractivity contribution in [3.05, 3.63) is 58.1 Å². The lowest BCUT2D eigenvalue weighted by Crippen LogP contribution is -2.39. The van der Waals surface area contributed by atoms with Crippen molar-refractivity contribution in [1.29, 1.82) is 0 Å². The molecule has 0 atom stereocenters. The maximum absolute atomic E-state index is 12.2. The molecule has 1 N–H and O–H groups in total. The predicted molar refractivity (Wildman–Crippen MR) is 121 cm³/mol. The number of amides is 1. The van der Waals surface area contributed by atoms with E-state index in [0.717, 1.165) is 34.7 Å². The first-order valence-electron chi connectivity index (χ1n) is 9.18. The minimum absolute atomic E-state index is 0.184. The summed E-state index contributed by atoms with van der Waals surface area (Å²) in [6, 6.07) is 11.5. The highest BCUT2D eigenvalue weighted by atomic mass is 35.5. The zero-order valence-corrected chi connectivity index (χ0v) is 19.0. The third-order valence-corrected chi connectivity index (χ3v) is 5.81. The van der Waals surface area contributed by atoms with Crippen LogP contribution in [0.15, 0.2) is 47.6 Å². The summed E-state index contributed by atoms with van der Waals surface area (Å²) < 4.78 is 30.7. The van der Waals surface area contributed by atoms with Gasteiger partial charge >= 0.3 is 0 Å². The largest absolute Gasteiger partial charge is 0.494 e. The topological polar surface area (TPSA) is 88.1 Å². The fourth-order valence-corrected chi connectivity index (χ4v) is 3.51. The molecule has 0 aromatic heterocycles. The van der Waals surface area contributed by atoms with Crippen molar-refractivity contribution < 1.29 is 17.9 Å². The Kier molecular flexibility index (Phi) is 8.95. The summed E-state index contributed by atoms with van der Waals surface area (Å²) in [5.74, 6) is 0.150. The standard InChI is InChI=1S/C20H23Cl2N3O4S/c1-3-4-11-29-17-8-5-15(6-9-17)13-23-24-20(26)14-25(30(2,27)28)16-7-10-18(21)19(22)12-16/h5-10,12-13H,3-4,11,14H2,1-2H3,(H,24,26)/b23-13+. The van der Waals surface area contributed by atoms with Gasteiger partial charge in [-0.05, 0) is 54.4 Å². The van der Waals surface area contributed by atoms with Gasteiger partial charge in [0.1, 0.15) is 12.3 Å². The van der Waals surface area contributed by atoms with Crippen LogP contribution in [0.2, 0.25) is 10.0 Å². The number of hydrogen-bond acceptors (Lipinski definition) is 5.